The van der Waals surface area contributed by atoms with Gasteiger partial charge in [-0.05, 0) is 12.5 Å². The highest BCUT2D eigenvalue weighted by Crippen LogP contribution is 2.41. The standard InChI is InChI=1S/C16H17F2N3O3/c1-11(22)23-6-12-5-16(24-7-12,8-21-10-19-9-20-21)14-3-2-13(17)4-15(14)18/h2-4,9-10,12H,5-8H2,1H3/t12-,16+/m1/s1. The molecule has 0 N–H and O–H groups in total. The van der Waals surface area contributed by atoms with Gasteiger partial charge in [0.05, 0.1) is 19.8 Å². The Bertz CT molecular complexity index is 723. The fourth-order valence-electron chi connectivity index (χ4n) is 3.02. The molecule has 2 aromatic rings. The molecule has 1 aromatic carbocycles. The predicted molar refractivity (Wildman–Crippen MR) is 78.8 cm³/mol. The van der Waals surface area contributed by atoms with Crippen molar-refractivity contribution in [2.75, 3.05) is 13.2 Å². The van der Waals surface area contributed by atoms with Crippen LogP contribution < -0.4 is 0 Å². The summed E-state index contributed by atoms with van der Waals surface area (Å²) in [7, 11) is 0. The van der Waals surface area contributed by atoms with Crippen LogP contribution in [0.5, 0.6) is 0 Å². The van der Waals surface area contributed by atoms with E-state index in [-0.39, 0.29) is 30.6 Å². The summed E-state index contributed by atoms with van der Waals surface area (Å²) in [6, 6.07) is 3.42. The summed E-state index contributed by atoms with van der Waals surface area (Å²) < 4.78 is 40.1. The zero-order valence-corrected chi connectivity index (χ0v) is 13.1. The molecule has 3 rings (SSSR count). The average molecular weight is 337 g/mol. The fraction of sp³-hybridized carbons (Fsp3) is 0.438. The lowest BCUT2D eigenvalue weighted by molar-refractivity contribution is -0.142. The van der Waals surface area contributed by atoms with Crippen LogP contribution in [0, 0.1) is 17.6 Å². The van der Waals surface area contributed by atoms with Crippen molar-refractivity contribution < 1.29 is 23.0 Å². The van der Waals surface area contributed by atoms with E-state index in [1.54, 1.807) is 0 Å². The minimum atomic E-state index is -1.02. The Morgan fingerprint density at radius 1 is 1.50 bits per heavy atom. The molecule has 2 heterocycles. The van der Waals surface area contributed by atoms with Gasteiger partial charge in [-0.1, -0.05) is 6.07 Å². The highest BCUT2D eigenvalue weighted by atomic mass is 19.1. The Hall–Kier alpha value is -2.35. The summed E-state index contributed by atoms with van der Waals surface area (Å²) >= 11 is 0. The Balaban J connectivity index is 1.89. The molecule has 128 valence electrons. The molecule has 1 aliphatic rings. The molecule has 6 nitrogen and oxygen atoms in total. The highest BCUT2D eigenvalue weighted by Gasteiger charge is 2.44. The van der Waals surface area contributed by atoms with Crippen LogP contribution in [0.25, 0.3) is 0 Å². The van der Waals surface area contributed by atoms with Gasteiger partial charge in [0.25, 0.3) is 0 Å². The van der Waals surface area contributed by atoms with Gasteiger partial charge >= 0.3 is 5.97 Å². The van der Waals surface area contributed by atoms with E-state index in [4.69, 9.17) is 9.47 Å². The first-order valence-corrected chi connectivity index (χ1v) is 7.54. The van der Waals surface area contributed by atoms with Crippen LogP contribution >= 0.6 is 0 Å². The van der Waals surface area contributed by atoms with E-state index in [9.17, 15) is 13.6 Å². The molecule has 24 heavy (non-hydrogen) atoms. The molecule has 0 aliphatic carbocycles. The molecule has 0 saturated carbocycles. The number of carbonyl (C=O) groups excluding carboxylic acids is 1. The van der Waals surface area contributed by atoms with Crippen LogP contribution in [0.2, 0.25) is 0 Å². The summed E-state index contributed by atoms with van der Waals surface area (Å²) in [6.07, 6.45) is 3.30. The van der Waals surface area contributed by atoms with Gasteiger partial charge in [-0.25, -0.2) is 18.4 Å². The number of rotatable bonds is 5. The third kappa shape index (κ3) is 3.43. The topological polar surface area (TPSA) is 66.2 Å². The van der Waals surface area contributed by atoms with Gasteiger partial charge in [-0.3, -0.25) is 4.79 Å². The molecule has 0 amide bonds. The zero-order valence-electron chi connectivity index (χ0n) is 13.1. The molecule has 1 saturated heterocycles. The summed E-state index contributed by atoms with van der Waals surface area (Å²) in [4.78, 5) is 14.9. The lowest BCUT2D eigenvalue weighted by Gasteiger charge is -2.29. The van der Waals surface area contributed by atoms with Crippen molar-refractivity contribution in [3.63, 3.8) is 0 Å². The number of benzene rings is 1. The minimum absolute atomic E-state index is 0.0816. The summed E-state index contributed by atoms with van der Waals surface area (Å²) in [5, 5.41) is 4.04. The van der Waals surface area contributed by atoms with E-state index < -0.39 is 17.2 Å². The number of carbonyl (C=O) groups is 1. The second-order valence-electron chi connectivity index (χ2n) is 5.90. The number of aromatic nitrogens is 3. The first-order chi connectivity index (χ1) is 11.5. The van der Waals surface area contributed by atoms with Crippen molar-refractivity contribution >= 4 is 5.97 Å². The van der Waals surface area contributed by atoms with Gasteiger partial charge < -0.3 is 9.47 Å². The van der Waals surface area contributed by atoms with E-state index in [1.165, 1.54) is 36.4 Å². The maximum atomic E-state index is 14.4. The van der Waals surface area contributed by atoms with E-state index in [0.29, 0.717) is 13.0 Å². The Morgan fingerprint density at radius 3 is 3.00 bits per heavy atom. The number of esters is 1. The van der Waals surface area contributed by atoms with Crippen molar-refractivity contribution in [2.45, 2.75) is 25.5 Å². The summed E-state index contributed by atoms with van der Waals surface area (Å²) in [5.74, 6) is -1.79. The Morgan fingerprint density at radius 2 is 2.33 bits per heavy atom. The molecular formula is C16H17F2N3O3. The van der Waals surface area contributed by atoms with Gasteiger partial charge in [0.2, 0.25) is 0 Å². The SMILES string of the molecule is CC(=O)OC[C@@H]1CO[C@@](Cn2cncn2)(c2ccc(F)cc2F)C1. The maximum absolute atomic E-state index is 14.4. The van der Waals surface area contributed by atoms with Gasteiger partial charge in [0.1, 0.15) is 29.9 Å². The monoisotopic (exact) mass is 337 g/mol. The lowest BCUT2D eigenvalue weighted by Crippen LogP contribution is -2.32. The second kappa shape index (κ2) is 6.64. The first kappa shape index (κ1) is 16.5. The van der Waals surface area contributed by atoms with Crippen molar-refractivity contribution in [2.24, 2.45) is 5.92 Å². The van der Waals surface area contributed by atoms with Crippen molar-refractivity contribution in [3.8, 4) is 0 Å². The minimum Gasteiger partial charge on any atom is -0.465 e. The van der Waals surface area contributed by atoms with Crippen LogP contribution in [0.15, 0.2) is 30.9 Å². The molecule has 8 heteroatoms. The van der Waals surface area contributed by atoms with Crippen molar-refractivity contribution in [3.05, 3.63) is 48.1 Å². The number of hydrogen-bond donors (Lipinski definition) is 0. The molecular weight excluding hydrogens is 320 g/mol. The average Bonchev–Trinajstić information content (AvgIpc) is 3.16. The van der Waals surface area contributed by atoms with Crippen LogP contribution in [-0.2, 0) is 26.4 Å². The van der Waals surface area contributed by atoms with E-state index >= 15 is 0 Å². The van der Waals surface area contributed by atoms with Crippen LogP contribution in [0.1, 0.15) is 18.9 Å². The fourth-order valence-corrected chi connectivity index (χ4v) is 3.02. The number of ether oxygens (including phenoxy) is 2. The molecule has 1 aliphatic heterocycles. The molecule has 0 spiro atoms. The predicted octanol–water partition coefficient (Wildman–Crippen LogP) is 2.05. The van der Waals surface area contributed by atoms with Crippen LogP contribution in [0.3, 0.4) is 0 Å². The lowest BCUT2D eigenvalue weighted by atomic mass is 9.87. The molecule has 2 atom stereocenters. The molecule has 1 aromatic heterocycles. The summed E-state index contributed by atoms with van der Waals surface area (Å²) in [5.41, 5.74) is -0.763. The normalized spacial score (nSPS) is 23.4. The first-order valence-electron chi connectivity index (χ1n) is 7.54. The quantitative estimate of drug-likeness (QED) is 0.781. The molecule has 1 fully saturated rings. The number of nitrogens with zero attached hydrogens (tertiary/aromatic N) is 3. The van der Waals surface area contributed by atoms with Crippen molar-refractivity contribution in [1.82, 2.24) is 14.8 Å². The maximum Gasteiger partial charge on any atom is 0.302 e. The van der Waals surface area contributed by atoms with Gasteiger partial charge in [-0.15, -0.1) is 0 Å². The third-order valence-corrected chi connectivity index (χ3v) is 4.04. The zero-order chi connectivity index (χ0) is 17.2. The second-order valence-corrected chi connectivity index (χ2v) is 5.90. The smallest absolute Gasteiger partial charge is 0.302 e. The third-order valence-electron chi connectivity index (χ3n) is 4.04. The number of hydrogen-bond acceptors (Lipinski definition) is 5. The van der Waals surface area contributed by atoms with Crippen LogP contribution in [0.4, 0.5) is 8.78 Å². The van der Waals surface area contributed by atoms with Gasteiger partial charge in [0.15, 0.2) is 0 Å². The van der Waals surface area contributed by atoms with E-state index in [2.05, 4.69) is 10.1 Å². The van der Waals surface area contributed by atoms with Gasteiger partial charge in [0, 0.05) is 24.5 Å². The van der Waals surface area contributed by atoms with Crippen molar-refractivity contribution in [1.29, 1.82) is 0 Å². The largest absolute Gasteiger partial charge is 0.465 e. The molecule has 0 unspecified atom stereocenters. The molecule has 0 bridgehead atoms. The Labute approximate surface area is 137 Å². The number of halogens is 2. The highest BCUT2D eigenvalue weighted by molar-refractivity contribution is 5.65. The molecule has 0 radical (unpaired) electrons. The van der Waals surface area contributed by atoms with E-state index in [0.717, 1.165) is 6.07 Å². The van der Waals surface area contributed by atoms with Gasteiger partial charge in [-0.2, -0.15) is 5.10 Å². The van der Waals surface area contributed by atoms with E-state index in [1.807, 2.05) is 0 Å². The summed E-state index contributed by atoms with van der Waals surface area (Å²) in [6.45, 7) is 2.06. The van der Waals surface area contributed by atoms with Crippen LogP contribution in [-0.4, -0.2) is 33.9 Å². The Kier molecular flexibility index (Phi) is 4.57.